The van der Waals surface area contributed by atoms with Crippen LogP contribution in [0.3, 0.4) is 0 Å². The summed E-state index contributed by atoms with van der Waals surface area (Å²) in [4.78, 5) is 10.3. The van der Waals surface area contributed by atoms with Crippen molar-refractivity contribution in [3.05, 3.63) is 46.2 Å². The van der Waals surface area contributed by atoms with Crippen LogP contribution in [0.15, 0.2) is 33.8 Å². The molecule has 3 rings (SSSR count). The van der Waals surface area contributed by atoms with Gasteiger partial charge in [-0.15, -0.1) is 0 Å². The lowest BCUT2D eigenvalue weighted by Crippen LogP contribution is -2.36. The van der Waals surface area contributed by atoms with Crippen molar-refractivity contribution in [2.45, 2.75) is 28.1 Å². The molecule has 0 aliphatic heterocycles. The summed E-state index contributed by atoms with van der Waals surface area (Å²) in [5, 5.41) is 2.19. The molecule has 0 bridgehead atoms. The number of thioether (sulfide) groups is 1. The van der Waals surface area contributed by atoms with Crippen LogP contribution in [-0.4, -0.2) is 29.3 Å². The molecule has 1 amide bonds. The number of nitrogens with zero attached hydrogens (tertiary/aromatic N) is 1. The number of aryl methyl sites for hydroxylation is 1. The van der Waals surface area contributed by atoms with E-state index in [0.29, 0.717) is 0 Å². The zero-order chi connectivity index (χ0) is 22.5. The molecule has 1 aliphatic rings. The number of amides is 1. The molecular formula is C16H13BrF5N3O3S2. The highest BCUT2D eigenvalue weighted by Crippen LogP contribution is 2.53. The minimum absolute atomic E-state index is 0.00923. The molecule has 0 radical (unpaired) electrons. The Bertz CT molecular complexity index is 1110. The Balaban J connectivity index is 1.81. The third kappa shape index (κ3) is 4.98. The van der Waals surface area contributed by atoms with E-state index in [0.717, 1.165) is 29.0 Å². The molecular weight excluding hydrogens is 521 g/mol. The number of hydrogen-bond acceptors (Lipinski definition) is 4. The summed E-state index contributed by atoms with van der Waals surface area (Å²) in [5.41, 5.74) is -5.17. The van der Waals surface area contributed by atoms with E-state index in [4.69, 9.17) is 0 Å². The van der Waals surface area contributed by atoms with Gasteiger partial charge >= 0.3 is 5.51 Å². The smallest absolute Gasteiger partial charge is 0.345 e. The quantitative estimate of drug-likeness (QED) is 0.329. The minimum Gasteiger partial charge on any atom is -0.345 e. The fraction of sp³-hybridized carbons (Fsp3) is 0.312. The van der Waals surface area contributed by atoms with Crippen molar-refractivity contribution >= 4 is 49.3 Å². The highest BCUT2D eigenvalue weighted by molar-refractivity contribution is 9.10. The molecule has 14 heteroatoms. The summed E-state index contributed by atoms with van der Waals surface area (Å²) in [6, 6.07) is 2.85. The van der Waals surface area contributed by atoms with E-state index in [1.807, 2.05) is 4.72 Å². The molecule has 164 valence electrons. The van der Waals surface area contributed by atoms with E-state index >= 15 is 0 Å². The lowest BCUT2D eigenvalue weighted by Gasteiger charge is -2.17. The lowest BCUT2D eigenvalue weighted by atomic mass is 10.3. The van der Waals surface area contributed by atoms with Gasteiger partial charge in [0.2, 0.25) is 10.0 Å². The molecule has 1 aromatic heterocycles. The number of benzene rings is 1. The number of rotatable bonds is 6. The maximum absolute atomic E-state index is 14.1. The predicted molar refractivity (Wildman–Crippen MR) is 103 cm³/mol. The van der Waals surface area contributed by atoms with Crippen LogP contribution in [0.4, 0.5) is 27.6 Å². The zero-order valence-corrected chi connectivity index (χ0v) is 18.2. The maximum atomic E-state index is 14.1. The topological polar surface area (TPSA) is 80.2 Å². The average molecular weight is 534 g/mol. The Morgan fingerprint density at radius 3 is 2.47 bits per heavy atom. The van der Waals surface area contributed by atoms with Gasteiger partial charge in [0.05, 0.1) is 15.0 Å². The van der Waals surface area contributed by atoms with Gasteiger partial charge in [-0.2, -0.15) is 17.9 Å². The van der Waals surface area contributed by atoms with Gasteiger partial charge in [-0.1, -0.05) is 0 Å². The lowest BCUT2D eigenvalue weighted by molar-refractivity contribution is -0.0336. The van der Waals surface area contributed by atoms with Crippen molar-refractivity contribution in [1.82, 2.24) is 9.29 Å². The van der Waals surface area contributed by atoms with Crippen LogP contribution in [0.1, 0.15) is 23.3 Å². The SMILES string of the molecule is Cn1cc(S(=O)(=O)NC2(SC(F)(F)F)CC2)cc1C(=O)Nc1ccc(F)c(Br)c1F. The van der Waals surface area contributed by atoms with Gasteiger partial charge in [0, 0.05) is 13.2 Å². The van der Waals surface area contributed by atoms with E-state index in [1.54, 1.807) is 0 Å². The molecule has 1 fully saturated rings. The summed E-state index contributed by atoms with van der Waals surface area (Å²) < 4.78 is 93.0. The molecule has 0 saturated heterocycles. The van der Waals surface area contributed by atoms with Gasteiger partial charge in [0.15, 0.2) is 5.82 Å². The first-order valence-electron chi connectivity index (χ1n) is 8.15. The van der Waals surface area contributed by atoms with Gasteiger partial charge in [0.25, 0.3) is 5.91 Å². The fourth-order valence-electron chi connectivity index (χ4n) is 2.58. The summed E-state index contributed by atoms with van der Waals surface area (Å²) in [5.74, 6) is -2.84. The van der Waals surface area contributed by atoms with Crippen LogP contribution < -0.4 is 10.0 Å². The summed E-state index contributed by atoms with van der Waals surface area (Å²) in [6.07, 6.45) is 1.06. The highest BCUT2D eigenvalue weighted by atomic mass is 79.9. The number of carbonyl (C=O) groups is 1. The fourth-order valence-corrected chi connectivity index (χ4v) is 5.55. The van der Waals surface area contributed by atoms with E-state index in [1.165, 1.54) is 7.05 Å². The Morgan fingerprint density at radius 1 is 1.27 bits per heavy atom. The molecule has 1 aliphatic carbocycles. The van der Waals surface area contributed by atoms with Crippen LogP contribution in [0, 0.1) is 11.6 Å². The van der Waals surface area contributed by atoms with Gasteiger partial charge in [0.1, 0.15) is 16.4 Å². The van der Waals surface area contributed by atoms with Crippen molar-refractivity contribution < 1.29 is 35.2 Å². The van der Waals surface area contributed by atoms with Crippen molar-refractivity contribution in [2.75, 3.05) is 5.32 Å². The van der Waals surface area contributed by atoms with Gasteiger partial charge in [-0.3, -0.25) is 4.79 Å². The van der Waals surface area contributed by atoms with E-state index in [9.17, 15) is 35.2 Å². The summed E-state index contributed by atoms with van der Waals surface area (Å²) in [7, 11) is -3.02. The monoisotopic (exact) mass is 533 g/mol. The predicted octanol–water partition coefficient (Wildman–Crippen LogP) is 4.34. The molecule has 0 spiro atoms. The second-order valence-corrected chi connectivity index (χ2v) is 10.4. The number of nitrogens with one attached hydrogen (secondary N) is 2. The van der Waals surface area contributed by atoms with Crippen LogP contribution in [-0.2, 0) is 17.1 Å². The largest absolute Gasteiger partial charge is 0.443 e. The first-order valence-corrected chi connectivity index (χ1v) is 11.2. The van der Waals surface area contributed by atoms with Crippen LogP contribution in [0.5, 0.6) is 0 Å². The number of alkyl halides is 3. The second-order valence-electron chi connectivity index (χ2n) is 6.50. The molecule has 0 atom stereocenters. The van der Waals surface area contributed by atoms with Crippen LogP contribution in [0.2, 0.25) is 0 Å². The molecule has 30 heavy (non-hydrogen) atoms. The van der Waals surface area contributed by atoms with Crippen LogP contribution >= 0.6 is 27.7 Å². The number of sulfonamides is 1. The molecule has 1 saturated carbocycles. The molecule has 0 unspecified atom stereocenters. The number of aromatic nitrogens is 1. The molecule has 1 aromatic carbocycles. The van der Waals surface area contributed by atoms with Crippen LogP contribution in [0.25, 0.3) is 0 Å². The third-order valence-electron chi connectivity index (χ3n) is 4.14. The van der Waals surface area contributed by atoms with Gasteiger partial charge in [-0.25, -0.2) is 17.2 Å². The number of anilines is 1. The normalized spacial score (nSPS) is 15.8. The Kier molecular flexibility index (Phi) is 5.99. The third-order valence-corrected chi connectivity index (χ3v) is 7.63. The van der Waals surface area contributed by atoms with Crippen molar-refractivity contribution in [2.24, 2.45) is 7.05 Å². The van der Waals surface area contributed by atoms with E-state index in [-0.39, 0.29) is 24.2 Å². The Labute approximate surface area is 180 Å². The van der Waals surface area contributed by atoms with Crippen molar-refractivity contribution in [1.29, 1.82) is 0 Å². The Morgan fingerprint density at radius 2 is 1.90 bits per heavy atom. The van der Waals surface area contributed by atoms with Crippen molar-refractivity contribution in [3.8, 4) is 0 Å². The number of hydrogen-bond donors (Lipinski definition) is 2. The van der Waals surface area contributed by atoms with E-state index in [2.05, 4.69) is 21.2 Å². The Hall–Kier alpha value is -1.64. The van der Waals surface area contributed by atoms with Gasteiger partial charge in [-0.05, 0) is 58.7 Å². The molecule has 6 nitrogen and oxygen atoms in total. The number of carbonyl (C=O) groups excluding carboxylic acids is 1. The highest BCUT2D eigenvalue weighted by Gasteiger charge is 2.54. The minimum atomic E-state index is -4.62. The maximum Gasteiger partial charge on any atom is 0.443 e. The summed E-state index contributed by atoms with van der Waals surface area (Å²) in [6.45, 7) is 0. The molecule has 2 N–H and O–H groups in total. The van der Waals surface area contributed by atoms with E-state index < -0.39 is 59.1 Å². The first kappa shape index (κ1) is 23.0. The summed E-state index contributed by atoms with van der Waals surface area (Å²) >= 11 is 2.26. The molecule has 2 aromatic rings. The molecule has 1 heterocycles. The first-order chi connectivity index (χ1) is 13.7. The second kappa shape index (κ2) is 7.80. The zero-order valence-electron chi connectivity index (χ0n) is 15.0. The van der Waals surface area contributed by atoms with Crippen molar-refractivity contribution in [3.63, 3.8) is 0 Å². The number of halogens is 6. The standard InChI is InChI=1S/C16H13BrF5N3O3S2/c1-25-7-8(30(27,28)24-15(4-5-15)29-16(20,21)22)6-11(25)14(26)23-10-3-2-9(18)12(17)13(10)19/h2-3,6-7,24H,4-5H2,1H3,(H,23,26). The van der Waals surface area contributed by atoms with Gasteiger partial charge < -0.3 is 9.88 Å². The average Bonchev–Trinajstić information content (AvgIpc) is 3.20.